The normalized spacial score (nSPS) is 12.2. The fraction of sp³-hybridized carbons (Fsp3) is 0.222. The Balaban J connectivity index is 2.93. The van der Waals surface area contributed by atoms with Crippen molar-refractivity contribution in [1.82, 2.24) is 0 Å². The summed E-state index contributed by atoms with van der Waals surface area (Å²) < 4.78 is 61.7. The Morgan fingerprint density at radius 3 is 2.12 bits per heavy atom. The number of alkyl halides is 3. The van der Waals surface area contributed by atoms with Gasteiger partial charge in [-0.1, -0.05) is 0 Å². The van der Waals surface area contributed by atoms with Crippen molar-refractivity contribution in [2.45, 2.75) is 11.3 Å². The van der Waals surface area contributed by atoms with Crippen molar-refractivity contribution in [3.63, 3.8) is 0 Å². The van der Waals surface area contributed by atoms with E-state index in [2.05, 4.69) is 4.74 Å². The average molecular weight is 268 g/mol. The quantitative estimate of drug-likeness (QED) is 0.777. The predicted octanol–water partition coefficient (Wildman–Crippen LogP) is 1.56. The summed E-state index contributed by atoms with van der Waals surface area (Å²) in [6.45, 7) is 0. The Kier molecular flexibility index (Phi) is 3.76. The molecule has 0 aliphatic rings. The third-order valence-corrected chi connectivity index (χ3v) is 3.27. The Morgan fingerprint density at radius 1 is 1.18 bits per heavy atom. The highest BCUT2D eigenvalue weighted by Gasteiger charge is 2.31. The van der Waals surface area contributed by atoms with Crippen molar-refractivity contribution in [3.8, 4) is 5.75 Å². The Bertz CT molecular complexity index is 490. The van der Waals surface area contributed by atoms with Crippen LogP contribution in [0.2, 0.25) is 0 Å². The van der Waals surface area contributed by atoms with Gasteiger partial charge < -0.3 is 9.53 Å². The molecular formula is C9H7F3O4S. The van der Waals surface area contributed by atoms with Gasteiger partial charge in [0.1, 0.15) is 17.8 Å². The van der Waals surface area contributed by atoms with Crippen molar-refractivity contribution in [1.29, 1.82) is 0 Å². The second kappa shape index (κ2) is 4.74. The van der Waals surface area contributed by atoms with Crippen LogP contribution in [0.1, 0.15) is 0 Å². The number of carbonyl (C=O) groups excluding carboxylic acids is 1. The topological polar surface area (TPSA) is 60.4 Å². The fourth-order valence-corrected chi connectivity index (χ4v) is 1.96. The van der Waals surface area contributed by atoms with Gasteiger partial charge in [0.15, 0.2) is 9.84 Å². The fourth-order valence-electron chi connectivity index (χ4n) is 1.03. The van der Waals surface area contributed by atoms with Crippen LogP contribution in [0.15, 0.2) is 29.2 Å². The van der Waals surface area contributed by atoms with Crippen LogP contribution >= 0.6 is 0 Å². The van der Waals surface area contributed by atoms with Gasteiger partial charge in [0.2, 0.25) is 0 Å². The third kappa shape index (κ3) is 4.06. The lowest BCUT2D eigenvalue weighted by Crippen LogP contribution is -2.17. The summed E-state index contributed by atoms with van der Waals surface area (Å²) in [5, 5.41) is 0. The lowest BCUT2D eigenvalue weighted by molar-refractivity contribution is -0.274. The smallest absolute Gasteiger partial charge is 0.406 e. The molecule has 17 heavy (non-hydrogen) atoms. The molecule has 0 bridgehead atoms. The maximum Gasteiger partial charge on any atom is 0.573 e. The average Bonchev–Trinajstić information content (AvgIpc) is 2.15. The predicted molar refractivity (Wildman–Crippen MR) is 51.2 cm³/mol. The van der Waals surface area contributed by atoms with E-state index in [1.54, 1.807) is 0 Å². The first-order valence-electron chi connectivity index (χ1n) is 4.27. The molecule has 0 aliphatic heterocycles. The van der Waals surface area contributed by atoms with E-state index in [-0.39, 0.29) is 11.2 Å². The number of ether oxygens (including phenoxy) is 1. The standard InChI is InChI=1S/C9H7F3O4S/c10-9(11,12)16-7-1-3-8(4-2-7)17(14,15)6-5-13/h1-5H,6H2. The molecule has 0 aromatic heterocycles. The molecule has 1 aromatic carbocycles. The molecule has 0 heterocycles. The molecule has 0 saturated carbocycles. The van der Waals surface area contributed by atoms with Gasteiger partial charge >= 0.3 is 6.36 Å². The number of hydrogen-bond acceptors (Lipinski definition) is 4. The maximum atomic E-state index is 11.8. The van der Waals surface area contributed by atoms with Gasteiger partial charge in [-0.15, -0.1) is 13.2 Å². The second-order valence-electron chi connectivity index (χ2n) is 2.97. The van der Waals surface area contributed by atoms with Crippen molar-refractivity contribution in [2.24, 2.45) is 0 Å². The molecule has 0 saturated heterocycles. The van der Waals surface area contributed by atoms with Gasteiger partial charge in [-0.3, -0.25) is 0 Å². The van der Waals surface area contributed by atoms with Crippen LogP contribution in [0.25, 0.3) is 0 Å². The molecule has 0 unspecified atom stereocenters. The van der Waals surface area contributed by atoms with E-state index < -0.39 is 27.7 Å². The van der Waals surface area contributed by atoms with Crippen LogP contribution in [0.3, 0.4) is 0 Å². The molecule has 0 amide bonds. The van der Waals surface area contributed by atoms with Crippen LogP contribution < -0.4 is 4.74 Å². The van der Waals surface area contributed by atoms with E-state index in [0.29, 0.717) is 0 Å². The Labute approximate surface area is 94.9 Å². The minimum atomic E-state index is -4.83. The number of halogens is 3. The lowest BCUT2D eigenvalue weighted by atomic mass is 10.3. The number of hydrogen-bond donors (Lipinski definition) is 0. The van der Waals surface area contributed by atoms with E-state index in [0.717, 1.165) is 24.3 Å². The highest BCUT2D eigenvalue weighted by molar-refractivity contribution is 7.92. The van der Waals surface area contributed by atoms with E-state index in [4.69, 9.17) is 0 Å². The zero-order valence-electron chi connectivity index (χ0n) is 8.27. The van der Waals surface area contributed by atoms with Gasteiger partial charge in [0, 0.05) is 0 Å². The van der Waals surface area contributed by atoms with Crippen LogP contribution in [-0.2, 0) is 14.6 Å². The first-order chi connectivity index (χ1) is 7.74. The minimum absolute atomic E-state index is 0.204. The number of benzene rings is 1. The summed E-state index contributed by atoms with van der Waals surface area (Å²) in [7, 11) is -3.78. The van der Waals surface area contributed by atoms with Crippen molar-refractivity contribution in [2.75, 3.05) is 5.75 Å². The molecule has 4 nitrogen and oxygen atoms in total. The van der Waals surface area contributed by atoms with Crippen LogP contribution in [0, 0.1) is 0 Å². The summed E-state index contributed by atoms with van der Waals surface area (Å²) in [6, 6.07) is 3.62. The van der Waals surface area contributed by atoms with E-state index in [9.17, 15) is 26.4 Å². The Hall–Kier alpha value is -1.57. The number of sulfone groups is 1. The number of rotatable bonds is 4. The molecule has 0 spiro atoms. The van der Waals surface area contributed by atoms with Crippen LogP contribution in [0.4, 0.5) is 13.2 Å². The highest BCUT2D eigenvalue weighted by Crippen LogP contribution is 2.23. The van der Waals surface area contributed by atoms with Crippen molar-refractivity contribution >= 4 is 16.1 Å². The second-order valence-corrected chi connectivity index (χ2v) is 5.00. The van der Waals surface area contributed by atoms with Gasteiger partial charge in [-0.05, 0) is 24.3 Å². The zero-order chi connectivity index (χ0) is 13.1. The minimum Gasteiger partial charge on any atom is -0.406 e. The van der Waals surface area contributed by atoms with Crippen LogP contribution in [-0.4, -0.2) is 26.8 Å². The molecule has 0 aliphatic carbocycles. The maximum absolute atomic E-state index is 11.8. The zero-order valence-corrected chi connectivity index (χ0v) is 9.09. The summed E-state index contributed by atoms with van der Waals surface area (Å²) in [5.74, 6) is -1.24. The van der Waals surface area contributed by atoms with Crippen molar-refractivity contribution < 1.29 is 31.1 Å². The Morgan fingerprint density at radius 2 is 1.71 bits per heavy atom. The van der Waals surface area contributed by atoms with Gasteiger partial charge in [-0.2, -0.15) is 0 Å². The first-order valence-corrected chi connectivity index (χ1v) is 5.92. The number of aldehydes is 1. The number of carbonyl (C=O) groups is 1. The summed E-state index contributed by atoms with van der Waals surface area (Å²) in [6.07, 6.45) is -4.63. The van der Waals surface area contributed by atoms with Gasteiger partial charge in [0.05, 0.1) is 4.90 Å². The third-order valence-electron chi connectivity index (χ3n) is 1.70. The molecule has 0 fully saturated rings. The first kappa shape index (κ1) is 13.5. The molecule has 94 valence electrons. The van der Waals surface area contributed by atoms with Crippen molar-refractivity contribution in [3.05, 3.63) is 24.3 Å². The lowest BCUT2D eigenvalue weighted by Gasteiger charge is -2.08. The molecule has 1 aromatic rings. The van der Waals surface area contributed by atoms with Gasteiger partial charge in [0.25, 0.3) is 0 Å². The van der Waals surface area contributed by atoms with Gasteiger partial charge in [-0.25, -0.2) is 8.42 Å². The molecule has 0 N–H and O–H groups in total. The molecule has 8 heteroatoms. The van der Waals surface area contributed by atoms with E-state index in [1.165, 1.54) is 0 Å². The SMILES string of the molecule is O=CCS(=O)(=O)c1ccc(OC(F)(F)F)cc1. The molecule has 0 atom stereocenters. The summed E-state index contributed by atoms with van der Waals surface area (Å²) in [5.41, 5.74) is 0. The van der Waals surface area contributed by atoms with Crippen LogP contribution in [0.5, 0.6) is 5.75 Å². The summed E-state index contributed by atoms with van der Waals surface area (Å²) >= 11 is 0. The molecule has 0 radical (unpaired) electrons. The van der Waals surface area contributed by atoms with E-state index >= 15 is 0 Å². The van der Waals surface area contributed by atoms with E-state index in [1.807, 2.05) is 0 Å². The monoisotopic (exact) mass is 268 g/mol. The summed E-state index contributed by atoms with van der Waals surface area (Å²) in [4.78, 5) is 9.86. The molecular weight excluding hydrogens is 261 g/mol. The molecule has 1 rings (SSSR count). The largest absolute Gasteiger partial charge is 0.573 e. The highest BCUT2D eigenvalue weighted by atomic mass is 32.2.